The van der Waals surface area contributed by atoms with Gasteiger partial charge in [0.05, 0.1) is 0 Å². The molecule has 0 bridgehead atoms. The van der Waals surface area contributed by atoms with Crippen LogP contribution in [-0.2, 0) is 16.6 Å². The molecule has 2 atom stereocenters. The maximum absolute atomic E-state index is 11.8. The summed E-state index contributed by atoms with van der Waals surface area (Å²) in [6.45, 7) is 6.05. The van der Waals surface area contributed by atoms with E-state index in [2.05, 4.69) is 13.8 Å². The number of Topliss-reactive ketones (excluding diaryl/α,β-unsaturated/α-hetero) is 1. The Hall–Kier alpha value is -1.31. The Kier molecular flexibility index (Phi) is 1.86. The number of aryl methyl sites for hydroxylation is 1. The second kappa shape index (κ2) is 2.92. The second-order valence-electron chi connectivity index (χ2n) is 6.08. The van der Waals surface area contributed by atoms with Crippen molar-refractivity contribution < 1.29 is 9.90 Å². The van der Waals surface area contributed by atoms with E-state index in [4.69, 9.17) is 0 Å². The van der Waals surface area contributed by atoms with Crippen LogP contribution in [0.4, 0.5) is 0 Å². The van der Waals surface area contributed by atoms with Gasteiger partial charge in [-0.05, 0) is 48.4 Å². The molecule has 0 heterocycles. The molecule has 1 N–H and O–H groups in total. The third kappa shape index (κ3) is 1.09. The Labute approximate surface area is 102 Å². The Morgan fingerprint density at radius 3 is 2.71 bits per heavy atom. The first-order valence-electron chi connectivity index (χ1n) is 6.24. The highest BCUT2D eigenvalue weighted by Gasteiger charge is 2.74. The zero-order valence-electron chi connectivity index (χ0n) is 10.6. The number of hydrogen-bond donors (Lipinski definition) is 1. The van der Waals surface area contributed by atoms with Crippen LogP contribution < -0.4 is 0 Å². The Morgan fingerprint density at radius 2 is 2.12 bits per heavy atom. The molecule has 3 rings (SSSR count). The van der Waals surface area contributed by atoms with Crippen molar-refractivity contribution in [1.29, 1.82) is 0 Å². The van der Waals surface area contributed by atoms with Crippen LogP contribution in [0.3, 0.4) is 0 Å². The number of phenolic OH excluding ortho intramolecular Hbond substituents is 1. The molecular weight excluding hydrogens is 212 g/mol. The summed E-state index contributed by atoms with van der Waals surface area (Å²) in [5.74, 6) is 0.722. The lowest BCUT2D eigenvalue weighted by molar-refractivity contribution is -0.119. The molecule has 1 fully saturated rings. The smallest absolute Gasteiger partial charge is 0.134 e. The summed E-state index contributed by atoms with van der Waals surface area (Å²) < 4.78 is 0. The van der Waals surface area contributed by atoms with Crippen molar-refractivity contribution in [3.05, 3.63) is 29.3 Å². The summed E-state index contributed by atoms with van der Waals surface area (Å²) in [5, 5.41) is 9.67. The fourth-order valence-corrected chi connectivity index (χ4v) is 4.34. The standard InChI is InChI=1S/C15H18O2/c1-9(16)13-14(2,3)15(13)7-6-10-4-5-11(17)8-12(10)15/h4-5,8,13,17H,6-7H2,1-3H3/t13-,15-/m1/s1. The van der Waals surface area contributed by atoms with Crippen LogP contribution >= 0.6 is 0 Å². The summed E-state index contributed by atoms with van der Waals surface area (Å²) in [6, 6.07) is 5.62. The largest absolute Gasteiger partial charge is 0.508 e. The molecule has 0 amide bonds. The maximum atomic E-state index is 11.8. The lowest BCUT2D eigenvalue weighted by atomic mass is 9.89. The van der Waals surface area contributed by atoms with Crippen LogP contribution in [-0.4, -0.2) is 10.9 Å². The minimum absolute atomic E-state index is 0.00704. The molecule has 0 aromatic heterocycles. The summed E-state index contributed by atoms with van der Waals surface area (Å²) >= 11 is 0. The van der Waals surface area contributed by atoms with Gasteiger partial charge in [-0.2, -0.15) is 0 Å². The van der Waals surface area contributed by atoms with Crippen molar-refractivity contribution in [2.45, 2.75) is 39.0 Å². The van der Waals surface area contributed by atoms with E-state index in [1.54, 1.807) is 13.0 Å². The molecule has 2 aliphatic rings. The Bertz CT molecular complexity index is 516. The predicted molar refractivity (Wildman–Crippen MR) is 66.1 cm³/mol. The molecule has 1 aromatic carbocycles. The lowest BCUT2D eigenvalue weighted by Gasteiger charge is -2.14. The summed E-state index contributed by atoms with van der Waals surface area (Å²) in [7, 11) is 0. The van der Waals surface area contributed by atoms with Crippen LogP contribution in [0.2, 0.25) is 0 Å². The number of hydrogen-bond acceptors (Lipinski definition) is 2. The number of rotatable bonds is 1. The van der Waals surface area contributed by atoms with E-state index in [0.717, 1.165) is 12.8 Å². The number of ketones is 1. The molecule has 2 nitrogen and oxygen atoms in total. The van der Waals surface area contributed by atoms with Gasteiger partial charge in [0, 0.05) is 11.3 Å². The molecule has 2 aliphatic carbocycles. The zero-order valence-corrected chi connectivity index (χ0v) is 10.6. The third-order valence-corrected chi connectivity index (χ3v) is 5.05. The summed E-state index contributed by atoms with van der Waals surface area (Å²) in [6.07, 6.45) is 2.08. The van der Waals surface area contributed by atoms with Crippen molar-refractivity contribution in [2.75, 3.05) is 0 Å². The minimum Gasteiger partial charge on any atom is -0.508 e. The summed E-state index contributed by atoms with van der Waals surface area (Å²) in [5.41, 5.74) is 2.55. The van der Waals surface area contributed by atoms with Crippen molar-refractivity contribution in [1.82, 2.24) is 0 Å². The quantitative estimate of drug-likeness (QED) is 0.805. The third-order valence-electron chi connectivity index (χ3n) is 5.05. The molecule has 1 spiro atoms. The fraction of sp³-hybridized carbons (Fsp3) is 0.533. The van der Waals surface area contributed by atoms with E-state index in [9.17, 15) is 9.90 Å². The van der Waals surface area contributed by atoms with Crippen LogP contribution in [0.15, 0.2) is 18.2 Å². The molecular formula is C15H18O2. The van der Waals surface area contributed by atoms with Crippen molar-refractivity contribution in [3.63, 3.8) is 0 Å². The van der Waals surface area contributed by atoms with Crippen LogP contribution in [0.5, 0.6) is 5.75 Å². The summed E-state index contributed by atoms with van der Waals surface area (Å²) in [4.78, 5) is 11.8. The first-order chi connectivity index (χ1) is 7.91. The average Bonchev–Trinajstić information content (AvgIpc) is 2.54. The van der Waals surface area contributed by atoms with E-state index >= 15 is 0 Å². The van der Waals surface area contributed by atoms with Crippen molar-refractivity contribution >= 4 is 5.78 Å². The molecule has 0 aliphatic heterocycles. The van der Waals surface area contributed by atoms with Crippen molar-refractivity contribution in [2.24, 2.45) is 11.3 Å². The Balaban J connectivity index is 2.16. The van der Waals surface area contributed by atoms with Crippen molar-refractivity contribution in [3.8, 4) is 5.75 Å². The maximum Gasteiger partial charge on any atom is 0.134 e. The highest BCUT2D eigenvalue weighted by molar-refractivity contribution is 5.87. The minimum atomic E-state index is -0.00704. The average molecular weight is 230 g/mol. The topological polar surface area (TPSA) is 37.3 Å². The number of phenols is 1. The molecule has 0 unspecified atom stereocenters. The molecule has 90 valence electrons. The van der Waals surface area contributed by atoms with Gasteiger partial charge in [-0.3, -0.25) is 4.79 Å². The highest BCUT2D eigenvalue weighted by Crippen LogP contribution is 2.74. The van der Waals surface area contributed by atoms with E-state index in [-0.39, 0.29) is 22.5 Å². The highest BCUT2D eigenvalue weighted by atomic mass is 16.3. The Morgan fingerprint density at radius 1 is 1.41 bits per heavy atom. The van der Waals surface area contributed by atoms with Gasteiger partial charge in [0.1, 0.15) is 11.5 Å². The van der Waals surface area contributed by atoms with Gasteiger partial charge in [0.25, 0.3) is 0 Å². The van der Waals surface area contributed by atoms with Gasteiger partial charge < -0.3 is 5.11 Å². The number of carbonyl (C=O) groups excluding carboxylic acids is 1. The SMILES string of the molecule is CC(=O)[C@@H]1C(C)(C)[C@@]12CCc1ccc(O)cc12. The lowest BCUT2D eigenvalue weighted by Crippen LogP contribution is -2.11. The molecule has 0 radical (unpaired) electrons. The molecule has 1 aromatic rings. The second-order valence-corrected chi connectivity index (χ2v) is 6.08. The van der Waals surface area contributed by atoms with E-state index in [1.807, 2.05) is 12.1 Å². The molecule has 0 saturated heterocycles. The van der Waals surface area contributed by atoms with Gasteiger partial charge in [0.15, 0.2) is 0 Å². The first-order valence-corrected chi connectivity index (χ1v) is 6.24. The van der Waals surface area contributed by atoms with Gasteiger partial charge in [-0.1, -0.05) is 19.9 Å². The number of benzene rings is 1. The molecule has 17 heavy (non-hydrogen) atoms. The molecule has 2 heteroatoms. The number of fused-ring (bicyclic) bond motifs is 2. The van der Waals surface area contributed by atoms with Crippen LogP contribution in [0.25, 0.3) is 0 Å². The van der Waals surface area contributed by atoms with Crippen LogP contribution in [0.1, 0.15) is 38.3 Å². The van der Waals surface area contributed by atoms with E-state index in [1.165, 1.54) is 11.1 Å². The molecule has 1 saturated carbocycles. The van der Waals surface area contributed by atoms with Gasteiger partial charge in [0.2, 0.25) is 0 Å². The fourth-order valence-electron chi connectivity index (χ4n) is 4.34. The van der Waals surface area contributed by atoms with E-state index in [0.29, 0.717) is 5.75 Å². The zero-order chi connectivity index (χ0) is 12.4. The van der Waals surface area contributed by atoms with Crippen LogP contribution in [0, 0.1) is 11.3 Å². The predicted octanol–water partition coefficient (Wildman–Crippen LogP) is 2.82. The van der Waals surface area contributed by atoms with Gasteiger partial charge >= 0.3 is 0 Å². The van der Waals surface area contributed by atoms with E-state index < -0.39 is 0 Å². The monoisotopic (exact) mass is 230 g/mol. The first kappa shape index (κ1) is 10.8. The van der Waals surface area contributed by atoms with Gasteiger partial charge in [-0.15, -0.1) is 0 Å². The van der Waals surface area contributed by atoms with Gasteiger partial charge in [-0.25, -0.2) is 0 Å². The number of aromatic hydroxyl groups is 1. The normalized spacial score (nSPS) is 32.5. The number of carbonyl (C=O) groups is 1.